The third-order valence-electron chi connectivity index (χ3n) is 5.82. The molecule has 30 heavy (non-hydrogen) atoms. The third kappa shape index (κ3) is 4.91. The molecule has 7 heteroatoms. The highest BCUT2D eigenvalue weighted by atomic mass is 19.1. The fourth-order valence-corrected chi connectivity index (χ4v) is 4.33. The minimum Gasteiger partial charge on any atom is -0.497 e. The summed E-state index contributed by atoms with van der Waals surface area (Å²) in [6.45, 7) is 1.73. The molecule has 0 spiro atoms. The molecule has 1 amide bonds. The van der Waals surface area contributed by atoms with Gasteiger partial charge in [-0.25, -0.2) is 9.18 Å². The zero-order chi connectivity index (χ0) is 21.6. The lowest BCUT2D eigenvalue weighted by atomic mass is 9.72. The number of hydrogen-bond acceptors (Lipinski definition) is 4. The Morgan fingerprint density at radius 3 is 2.83 bits per heavy atom. The normalized spacial score (nSPS) is 18.4. The van der Waals surface area contributed by atoms with Gasteiger partial charge in [0.1, 0.15) is 11.6 Å². The fourth-order valence-electron chi connectivity index (χ4n) is 4.33. The zero-order valence-corrected chi connectivity index (χ0v) is 17.2. The van der Waals surface area contributed by atoms with Crippen molar-refractivity contribution in [1.29, 1.82) is 0 Å². The molecule has 2 aromatic carbocycles. The lowest BCUT2D eigenvalue weighted by molar-refractivity contribution is -0.0417. The molecule has 2 aromatic rings. The van der Waals surface area contributed by atoms with E-state index in [2.05, 4.69) is 10.6 Å². The number of carboxylic acid groups (broad SMARTS) is 1. The van der Waals surface area contributed by atoms with Crippen LogP contribution in [0, 0.1) is 11.7 Å². The molecule has 1 aliphatic heterocycles. The number of methoxy groups -OCH3 is 1. The SMILES string of the molecule is COc1cccc(-c2c(F)cccc2C(O)(CCCNC(=O)O)C2CCCNC2)c1. The number of ether oxygens (including phenoxy) is 1. The molecule has 2 unspecified atom stereocenters. The van der Waals surface area contributed by atoms with E-state index in [-0.39, 0.29) is 12.5 Å². The molecular weight excluding hydrogens is 387 g/mol. The first-order chi connectivity index (χ1) is 14.5. The molecule has 3 rings (SSSR count). The van der Waals surface area contributed by atoms with Gasteiger partial charge in [0, 0.05) is 24.6 Å². The second-order valence-electron chi connectivity index (χ2n) is 7.70. The Morgan fingerprint density at radius 2 is 2.13 bits per heavy atom. The molecule has 2 atom stereocenters. The van der Waals surface area contributed by atoms with E-state index in [1.54, 1.807) is 43.5 Å². The van der Waals surface area contributed by atoms with Crippen LogP contribution in [0.5, 0.6) is 5.75 Å². The molecule has 162 valence electrons. The number of benzene rings is 2. The predicted octanol–water partition coefficient (Wildman–Crippen LogP) is 3.74. The minimum atomic E-state index is -1.30. The van der Waals surface area contributed by atoms with E-state index in [0.717, 1.165) is 19.4 Å². The maximum absolute atomic E-state index is 15.1. The predicted molar refractivity (Wildman–Crippen MR) is 113 cm³/mol. The van der Waals surface area contributed by atoms with E-state index in [9.17, 15) is 9.90 Å². The van der Waals surface area contributed by atoms with E-state index in [0.29, 0.717) is 41.8 Å². The van der Waals surface area contributed by atoms with E-state index < -0.39 is 17.5 Å². The minimum absolute atomic E-state index is 0.109. The van der Waals surface area contributed by atoms with Crippen LogP contribution in [-0.4, -0.2) is 43.1 Å². The highest BCUT2D eigenvalue weighted by molar-refractivity contribution is 5.70. The third-order valence-corrected chi connectivity index (χ3v) is 5.82. The second kappa shape index (κ2) is 9.91. The summed E-state index contributed by atoms with van der Waals surface area (Å²) in [5.41, 5.74) is 0.220. The average Bonchev–Trinajstić information content (AvgIpc) is 2.77. The molecule has 4 N–H and O–H groups in total. The first-order valence-corrected chi connectivity index (χ1v) is 10.3. The second-order valence-corrected chi connectivity index (χ2v) is 7.70. The van der Waals surface area contributed by atoms with Gasteiger partial charge in [0.15, 0.2) is 0 Å². The Kier molecular flexibility index (Phi) is 7.29. The zero-order valence-electron chi connectivity index (χ0n) is 17.2. The van der Waals surface area contributed by atoms with Gasteiger partial charge in [-0.15, -0.1) is 0 Å². The van der Waals surface area contributed by atoms with Crippen LogP contribution in [-0.2, 0) is 5.60 Å². The van der Waals surface area contributed by atoms with Crippen LogP contribution in [0.15, 0.2) is 42.5 Å². The smallest absolute Gasteiger partial charge is 0.404 e. The van der Waals surface area contributed by atoms with E-state index >= 15 is 4.39 Å². The molecular formula is C23H29FN2O4. The van der Waals surface area contributed by atoms with Crippen molar-refractivity contribution >= 4 is 6.09 Å². The maximum atomic E-state index is 15.1. The summed E-state index contributed by atoms with van der Waals surface area (Å²) >= 11 is 0. The molecule has 1 aliphatic rings. The molecule has 0 aliphatic carbocycles. The van der Waals surface area contributed by atoms with Crippen LogP contribution in [0.2, 0.25) is 0 Å². The molecule has 1 heterocycles. The van der Waals surface area contributed by atoms with Gasteiger partial charge in [-0.3, -0.25) is 0 Å². The van der Waals surface area contributed by atoms with Gasteiger partial charge in [-0.2, -0.15) is 0 Å². The summed E-state index contributed by atoms with van der Waals surface area (Å²) in [6, 6.07) is 11.9. The number of carbonyl (C=O) groups is 1. The number of nitrogens with one attached hydrogen (secondary N) is 2. The molecule has 0 radical (unpaired) electrons. The van der Waals surface area contributed by atoms with Crippen molar-refractivity contribution in [2.45, 2.75) is 31.3 Å². The van der Waals surface area contributed by atoms with Crippen molar-refractivity contribution in [2.75, 3.05) is 26.7 Å². The molecule has 6 nitrogen and oxygen atoms in total. The Labute approximate surface area is 176 Å². The van der Waals surface area contributed by atoms with E-state index in [1.807, 2.05) is 0 Å². The molecule has 1 fully saturated rings. The summed E-state index contributed by atoms with van der Waals surface area (Å²) in [7, 11) is 1.56. The van der Waals surface area contributed by atoms with E-state index in [1.165, 1.54) is 6.07 Å². The van der Waals surface area contributed by atoms with Crippen LogP contribution >= 0.6 is 0 Å². The van der Waals surface area contributed by atoms with Gasteiger partial charge in [0.05, 0.1) is 12.7 Å². The van der Waals surface area contributed by atoms with Crippen molar-refractivity contribution in [2.24, 2.45) is 5.92 Å². The van der Waals surface area contributed by atoms with Gasteiger partial charge < -0.3 is 25.6 Å². The van der Waals surface area contributed by atoms with Gasteiger partial charge in [-0.05, 0) is 61.6 Å². The number of piperidine rings is 1. The largest absolute Gasteiger partial charge is 0.497 e. The van der Waals surface area contributed by atoms with E-state index in [4.69, 9.17) is 9.84 Å². The Morgan fingerprint density at radius 1 is 1.33 bits per heavy atom. The summed E-state index contributed by atoms with van der Waals surface area (Å²) in [5.74, 6) is 0.0871. The number of amides is 1. The van der Waals surface area contributed by atoms with Gasteiger partial charge in [0.25, 0.3) is 0 Å². The van der Waals surface area contributed by atoms with Gasteiger partial charge >= 0.3 is 6.09 Å². The van der Waals surface area contributed by atoms with Crippen LogP contribution in [0.4, 0.5) is 9.18 Å². The number of rotatable bonds is 8. The summed E-state index contributed by atoms with van der Waals surface area (Å²) in [5, 5.41) is 26.5. The Balaban J connectivity index is 2.04. The van der Waals surface area contributed by atoms with Crippen LogP contribution in [0.1, 0.15) is 31.2 Å². The number of hydrogen-bond donors (Lipinski definition) is 4. The molecule has 0 aromatic heterocycles. The van der Waals surface area contributed by atoms with Crippen LogP contribution in [0.25, 0.3) is 11.1 Å². The topological polar surface area (TPSA) is 90.8 Å². The quantitative estimate of drug-likeness (QED) is 0.492. The first-order valence-electron chi connectivity index (χ1n) is 10.3. The van der Waals surface area contributed by atoms with Gasteiger partial charge in [-0.1, -0.05) is 24.3 Å². The van der Waals surface area contributed by atoms with Crippen LogP contribution < -0.4 is 15.4 Å². The van der Waals surface area contributed by atoms with Crippen molar-refractivity contribution in [3.63, 3.8) is 0 Å². The van der Waals surface area contributed by atoms with Crippen molar-refractivity contribution in [3.05, 3.63) is 53.8 Å². The summed E-state index contributed by atoms with van der Waals surface area (Å²) < 4.78 is 20.4. The number of aliphatic hydroxyl groups is 1. The lowest BCUT2D eigenvalue weighted by Crippen LogP contribution is -2.45. The maximum Gasteiger partial charge on any atom is 0.404 e. The Hall–Kier alpha value is -2.64. The van der Waals surface area contributed by atoms with Crippen molar-refractivity contribution in [3.8, 4) is 16.9 Å². The monoisotopic (exact) mass is 416 g/mol. The first kappa shape index (κ1) is 22.1. The number of halogens is 1. The standard InChI is InChI=1S/C23H29FN2O4/c1-30-18-8-2-6-16(14-18)21-19(9-3-10-20(21)24)23(29,11-5-13-26-22(27)28)17-7-4-12-25-15-17/h2-3,6,8-10,14,17,25-26,29H,4-5,7,11-13,15H2,1H3,(H,27,28). The van der Waals surface area contributed by atoms with Crippen molar-refractivity contribution < 1.29 is 24.1 Å². The Bertz CT molecular complexity index is 870. The average molecular weight is 416 g/mol. The fraction of sp³-hybridized carbons (Fsp3) is 0.435. The summed E-state index contributed by atoms with van der Waals surface area (Å²) in [6.07, 6.45) is 1.39. The molecule has 1 saturated heterocycles. The highest BCUT2D eigenvalue weighted by Gasteiger charge is 2.40. The molecule has 0 saturated carbocycles. The lowest BCUT2D eigenvalue weighted by Gasteiger charge is -2.40. The summed E-state index contributed by atoms with van der Waals surface area (Å²) in [4.78, 5) is 10.8. The van der Waals surface area contributed by atoms with Gasteiger partial charge in [0.2, 0.25) is 0 Å². The van der Waals surface area contributed by atoms with Crippen LogP contribution in [0.3, 0.4) is 0 Å². The highest BCUT2D eigenvalue weighted by Crippen LogP contribution is 2.43. The van der Waals surface area contributed by atoms with Crippen molar-refractivity contribution in [1.82, 2.24) is 10.6 Å². The molecule has 0 bridgehead atoms.